The number of hydrogen-bond donors (Lipinski definition) is 2. The summed E-state index contributed by atoms with van der Waals surface area (Å²) < 4.78 is 0. The van der Waals surface area contributed by atoms with E-state index in [1.54, 1.807) is 20.0 Å². The van der Waals surface area contributed by atoms with E-state index in [-0.39, 0.29) is 6.10 Å². The molecular weight excluding hydrogens is 138 g/mol. The predicted molar refractivity (Wildman–Crippen MR) is 39.3 cm³/mol. The molecule has 0 bridgehead atoms. The largest absolute Gasteiger partial charge is 0.393 e. The summed E-state index contributed by atoms with van der Waals surface area (Å²) in [6.45, 7) is 1.72. The lowest BCUT2D eigenvalue weighted by atomic mass is 10.3. The summed E-state index contributed by atoms with van der Waals surface area (Å²) in [7, 11) is 1.74. The van der Waals surface area contributed by atoms with Gasteiger partial charge < -0.3 is 10.4 Å². The van der Waals surface area contributed by atoms with Crippen molar-refractivity contribution in [2.45, 2.75) is 19.4 Å². The van der Waals surface area contributed by atoms with E-state index in [4.69, 9.17) is 16.7 Å². The molecule has 0 heterocycles. The summed E-state index contributed by atoms with van der Waals surface area (Å²) in [4.78, 5) is 0. The van der Waals surface area contributed by atoms with Crippen LogP contribution in [0, 0.1) is 0 Å². The van der Waals surface area contributed by atoms with E-state index in [1.807, 2.05) is 0 Å². The Labute approximate surface area is 60.5 Å². The molecule has 54 valence electrons. The second-order valence-corrected chi connectivity index (χ2v) is 2.29. The average molecular weight is 150 g/mol. The van der Waals surface area contributed by atoms with Gasteiger partial charge in [-0.15, -0.1) is 0 Å². The van der Waals surface area contributed by atoms with Gasteiger partial charge in [-0.3, -0.25) is 0 Å². The lowest BCUT2D eigenvalue weighted by molar-refractivity contribution is 0.198. The first-order valence-electron chi connectivity index (χ1n) is 2.88. The fourth-order valence-corrected chi connectivity index (χ4v) is 0.465. The Kier molecular flexibility index (Phi) is 4.54. The highest BCUT2D eigenvalue weighted by molar-refractivity contribution is 6.29. The third-order valence-corrected chi connectivity index (χ3v) is 1.22. The molecule has 1 atom stereocenters. The minimum atomic E-state index is -0.313. The molecule has 0 aliphatic carbocycles. The summed E-state index contributed by atoms with van der Waals surface area (Å²) in [6.07, 6.45) is 2.03. The van der Waals surface area contributed by atoms with Crippen LogP contribution in [0.2, 0.25) is 0 Å². The summed E-state index contributed by atoms with van der Waals surface area (Å²) >= 11 is 5.55. The van der Waals surface area contributed by atoms with Gasteiger partial charge in [-0.2, -0.15) is 0 Å². The zero-order chi connectivity index (χ0) is 7.28. The van der Waals surface area contributed by atoms with Gasteiger partial charge in [0.05, 0.1) is 11.3 Å². The maximum Gasteiger partial charge on any atom is 0.0975 e. The molecule has 2 N–H and O–H groups in total. The third-order valence-electron chi connectivity index (χ3n) is 0.877. The zero-order valence-electron chi connectivity index (χ0n) is 5.69. The van der Waals surface area contributed by atoms with Crippen molar-refractivity contribution in [2.24, 2.45) is 0 Å². The quantitative estimate of drug-likeness (QED) is 0.589. The predicted octanol–water partition coefficient (Wildman–Crippen LogP) is 1.06. The molecule has 0 aliphatic heterocycles. The fraction of sp³-hybridized carbons (Fsp3) is 0.667. The second-order valence-electron chi connectivity index (χ2n) is 1.89. The van der Waals surface area contributed by atoms with E-state index in [9.17, 15) is 0 Å². The normalized spacial score (nSPS) is 15.3. The topological polar surface area (TPSA) is 32.3 Å². The highest BCUT2D eigenvalue weighted by Gasteiger charge is 1.91. The van der Waals surface area contributed by atoms with Crippen molar-refractivity contribution in [1.82, 2.24) is 5.32 Å². The van der Waals surface area contributed by atoms with Crippen molar-refractivity contribution in [1.29, 1.82) is 0 Å². The monoisotopic (exact) mass is 149 g/mol. The fourth-order valence-electron chi connectivity index (χ4n) is 0.376. The molecule has 0 saturated heterocycles. The van der Waals surface area contributed by atoms with Crippen molar-refractivity contribution in [2.75, 3.05) is 7.05 Å². The third kappa shape index (κ3) is 5.66. The summed E-state index contributed by atoms with van der Waals surface area (Å²) in [6, 6.07) is 0. The molecule has 0 saturated carbocycles. The Bertz CT molecular complexity index is 101. The van der Waals surface area contributed by atoms with Crippen LogP contribution < -0.4 is 5.32 Å². The van der Waals surface area contributed by atoms with Gasteiger partial charge in [0.1, 0.15) is 0 Å². The summed E-state index contributed by atoms with van der Waals surface area (Å²) in [5.74, 6) is 0. The maximum absolute atomic E-state index is 8.77. The second kappa shape index (κ2) is 4.65. The first-order valence-corrected chi connectivity index (χ1v) is 3.26. The highest BCUT2D eigenvalue weighted by atomic mass is 35.5. The first kappa shape index (κ1) is 8.79. The van der Waals surface area contributed by atoms with Gasteiger partial charge in [-0.05, 0) is 19.4 Å². The van der Waals surface area contributed by atoms with Crippen LogP contribution in [-0.4, -0.2) is 18.3 Å². The number of halogens is 1. The Hall–Kier alpha value is -0.210. The molecule has 0 spiro atoms. The van der Waals surface area contributed by atoms with Gasteiger partial charge in [0, 0.05) is 7.05 Å². The molecule has 1 unspecified atom stereocenters. The van der Waals surface area contributed by atoms with Crippen molar-refractivity contribution in [3.63, 3.8) is 0 Å². The number of aliphatic hydroxyl groups excluding tert-OH is 1. The van der Waals surface area contributed by atoms with Crippen LogP contribution in [0.15, 0.2) is 11.2 Å². The Morgan fingerprint density at radius 2 is 2.44 bits per heavy atom. The van der Waals surface area contributed by atoms with Gasteiger partial charge in [-0.25, -0.2) is 0 Å². The molecule has 0 aromatic carbocycles. The molecule has 0 amide bonds. The number of hydrogen-bond acceptors (Lipinski definition) is 2. The number of rotatable bonds is 3. The van der Waals surface area contributed by atoms with E-state index in [0.717, 1.165) is 0 Å². The van der Waals surface area contributed by atoms with Crippen LogP contribution in [0.3, 0.4) is 0 Å². The van der Waals surface area contributed by atoms with Gasteiger partial charge >= 0.3 is 0 Å². The molecule has 0 radical (unpaired) electrons. The molecule has 3 heteroatoms. The Balaban J connectivity index is 3.43. The highest BCUT2D eigenvalue weighted by Crippen LogP contribution is 1.99. The molecule has 0 aliphatic rings. The zero-order valence-corrected chi connectivity index (χ0v) is 6.44. The molecule has 0 aromatic rings. The van der Waals surface area contributed by atoms with E-state index in [2.05, 4.69) is 5.32 Å². The van der Waals surface area contributed by atoms with Crippen molar-refractivity contribution in [3.8, 4) is 0 Å². The van der Waals surface area contributed by atoms with Crippen LogP contribution in [0.5, 0.6) is 0 Å². The van der Waals surface area contributed by atoms with Crippen molar-refractivity contribution in [3.05, 3.63) is 11.2 Å². The molecule has 0 fully saturated rings. The van der Waals surface area contributed by atoms with E-state index in [1.165, 1.54) is 0 Å². The minimum Gasteiger partial charge on any atom is -0.393 e. The van der Waals surface area contributed by atoms with Crippen LogP contribution in [0.4, 0.5) is 0 Å². The number of nitrogens with one attached hydrogen (secondary N) is 1. The molecular formula is C6H12ClNO. The summed E-state index contributed by atoms with van der Waals surface area (Å²) in [5.41, 5.74) is 0. The van der Waals surface area contributed by atoms with Gasteiger partial charge in [-0.1, -0.05) is 11.6 Å². The lowest BCUT2D eigenvalue weighted by Gasteiger charge is -1.98. The number of aliphatic hydroxyl groups is 1. The van der Waals surface area contributed by atoms with Gasteiger partial charge in [0.15, 0.2) is 0 Å². The van der Waals surface area contributed by atoms with E-state index >= 15 is 0 Å². The molecule has 0 rings (SSSR count). The maximum atomic E-state index is 8.77. The smallest absolute Gasteiger partial charge is 0.0975 e. The standard InChI is InChI=1S/C6H12ClNO/c1-5(9)3-4-6(7)8-2/h4-5,8-9H,3H2,1-2H3/b6-4-. The van der Waals surface area contributed by atoms with E-state index < -0.39 is 0 Å². The van der Waals surface area contributed by atoms with Crippen LogP contribution in [0.1, 0.15) is 13.3 Å². The van der Waals surface area contributed by atoms with Crippen LogP contribution >= 0.6 is 11.6 Å². The SMILES string of the molecule is CN/C(Cl)=C\CC(C)O. The average Bonchev–Trinajstić information content (AvgIpc) is 1.83. The lowest BCUT2D eigenvalue weighted by Crippen LogP contribution is -2.02. The molecule has 0 aromatic heterocycles. The Morgan fingerprint density at radius 1 is 1.89 bits per heavy atom. The molecule has 2 nitrogen and oxygen atoms in total. The van der Waals surface area contributed by atoms with E-state index in [0.29, 0.717) is 11.6 Å². The molecule has 9 heavy (non-hydrogen) atoms. The Morgan fingerprint density at radius 3 is 2.78 bits per heavy atom. The van der Waals surface area contributed by atoms with Crippen LogP contribution in [0.25, 0.3) is 0 Å². The van der Waals surface area contributed by atoms with Crippen LogP contribution in [-0.2, 0) is 0 Å². The first-order chi connectivity index (χ1) is 4.16. The van der Waals surface area contributed by atoms with Crippen molar-refractivity contribution < 1.29 is 5.11 Å². The van der Waals surface area contributed by atoms with Gasteiger partial charge in [0.2, 0.25) is 0 Å². The van der Waals surface area contributed by atoms with Gasteiger partial charge in [0.25, 0.3) is 0 Å². The minimum absolute atomic E-state index is 0.313. The summed E-state index contributed by atoms with van der Waals surface area (Å²) in [5, 5.41) is 12.1. The van der Waals surface area contributed by atoms with Crippen molar-refractivity contribution >= 4 is 11.6 Å².